The zero-order valence-corrected chi connectivity index (χ0v) is 9.23. The maximum atomic E-state index is 5.55. The van der Waals surface area contributed by atoms with Crippen molar-refractivity contribution in [1.82, 2.24) is 4.98 Å². The Kier molecular flexibility index (Phi) is 3.40. The van der Waals surface area contributed by atoms with Crippen molar-refractivity contribution in [3.8, 4) is 17.6 Å². The van der Waals surface area contributed by atoms with Gasteiger partial charge < -0.3 is 4.74 Å². The van der Waals surface area contributed by atoms with Gasteiger partial charge in [-0.25, -0.2) is 0 Å². The molecule has 0 amide bonds. The first kappa shape index (κ1) is 10.5. The van der Waals surface area contributed by atoms with E-state index in [1.54, 1.807) is 6.20 Å². The van der Waals surface area contributed by atoms with Gasteiger partial charge in [0.2, 0.25) is 0 Å². The Morgan fingerprint density at radius 1 is 1.31 bits per heavy atom. The van der Waals surface area contributed by atoms with E-state index in [1.165, 1.54) is 0 Å². The van der Waals surface area contributed by atoms with Crippen molar-refractivity contribution in [3.63, 3.8) is 0 Å². The summed E-state index contributed by atoms with van der Waals surface area (Å²) in [5.74, 6) is 6.60. The van der Waals surface area contributed by atoms with E-state index in [0.717, 1.165) is 23.1 Å². The topological polar surface area (TPSA) is 22.1 Å². The molecule has 2 heteroatoms. The Bertz CT molecular complexity index is 537. The third kappa shape index (κ3) is 2.52. The van der Waals surface area contributed by atoms with Crippen LogP contribution in [0.2, 0.25) is 0 Å². The van der Waals surface area contributed by atoms with Gasteiger partial charge in [-0.05, 0) is 19.1 Å². The SMILES string of the molecule is CC#CCCOc1cnc2ccccc2c1. The average Bonchev–Trinajstić information content (AvgIpc) is 2.34. The zero-order chi connectivity index (χ0) is 11.2. The van der Waals surface area contributed by atoms with E-state index >= 15 is 0 Å². The summed E-state index contributed by atoms with van der Waals surface area (Å²) < 4.78 is 5.55. The minimum atomic E-state index is 0.612. The highest BCUT2D eigenvalue weighted by molar-refractivity contribution is 5.79. The molecule has 2 aromatic rings. The van der Waals surface area contributed by atoms with Crippen molar-refractivity contribution in [2.75, 3.05) is 6.61 Å². The minimum Gasteiger partial charge on any atom is -0.491 e. The number of ether oxygens (including phenoxy) is 1. The summed E-state index contributed by atoms with van der Waals surface area (Å²) in [5, 5.41) is 1.10. The summed E-state index contributed by atoms with van der Waals surface area (Å²) in [4.78, 5) is 4.32. The van der Waals surface area contributed by atoms with Crippen LogP contribution in [-0.2, 0) is 0 Å². The fourth-order valence-electron chi connectivity index (χ4n) is 1.47. The highest BCUT2D eigenvalue weighted by Crippen LogP contribution is 2.17. The highest BCUT2D eigenvalue weighted by Gasteiger charge is 1.97. The molecule has 0 atom stereocenters. The molecule has 0 unspecified atom stereocenters. The van der Waals surface area contributed by atoms with Gasteiger partial charge in [0, 0.05) is 11.8 Å². The number of rotatable bonds is 3. The lowest BCUT2D eigenvalue weighted by atomic mass is 10.2. The number of pyridine rings is 1. The lowest BCUT2D eigenvalue weighted by Gasteiger charge is -2.04. The molecule has 0 N–H and O–H groups in total. The third-order valence-corrected chi connectivity index (χ3v) is 2.24. The Hall–Kier alpha value is -2.01. The van der Waals surface area contributed by atoms with Gasteiger partial charge in [-0.3, -0.25) is 4.98 Å². The van der Waals surface area contributed by atoms with Crippen molar-refractivity contribution >= 4 is 10.9 Å². The minimum absolute atomic E-state index is 0.612. The molecule has 2 rings (SSSR count). The molecule has 2 nitrogen and oxygen atoms in total. The molecule has 0 radical (unpaired) electrons. The van der Waals surface area contributed by atoms with Crippen molar-refractivity contribution < 1.29 is 4.74 Å². The van der Waals surface area contributed by atoms with E-state index in [9.17, 15) is 0 Å². The van der Waals surface area contributed by atoms with Crippen LogP contribution in [0.5, 0.6) is 5.75 Å². The standard InChI is InChI=1S/C14H13NO/c1-2-3-6-9-16-13-10-12-7-4-5-8-14(12)15-11-13/h4-5,7-8,10-11H,6,9H2,1H3. The summed E-state index contributed by atoms with van der Waals surface area (Å²) in [7, 11) is 0. The van der Waals surface area contributed by atoms with E-state index < -0.39 is 0 Å². The quantitative estimate of drug-likeness (QED) is 0.575. The monoisotopic (exact) mass is 211 g/mol. The van der Waals surface area contributed by atoms with Gasteiger partial charge in [0.25, 0.3) is 0 Å². The Morgan fingerprint density at radius 2 is 2.19 bits per heavy atom. The summed E-state index contributed by atoms with van der Waals surface area (Å²) >= 11 is 0. The maximum absolute atomic E-state index is 5.55. The molecule has 0 aliphatic rings. The molecule has 1 aromatic heterocycles. The number of hydrogen-bond donors (Lipinski definition) is 0. The summed E-state index contributed by atoms with van der Waals surface area (Å²) in [6.45, 7) is 2.44. The van der Waals surface area contributed by atoms with E-state index in [2.05, 4.69) is 16.8 Å². The predicted octanol–water partition coefficient (Wildman–Crippen LogP) is 3.03. The van der Waals surface area contributed by atoms with Crippen LogP contribution in [0.15, 0.2) is 36.5 Å². The molecule has 0 saturated heterocycles. The lowest BCUT2D eigenvalue weighted by Crippen LogP contribution is -1.96. The Morgan fingerprint density at radius 3 is 3.06 bits per heavy atom. The lowest BCUT2D eigenvalue weighted by molar-refractivity contribution is 0.326. The smallest absolute Gasteiger partial charge is 0.138 e. The molecular weight excluding hydrogens is 198 g/mol. The molecule has 0 bridgehead atoms. The van der Waals surface area contributed by atoms with Gasteiger partial charge in [-0.2, -0.15) is 0 Å². The number of aromatic nitrogens is 1. The molecule has 0 saturated carbocycles. The van der Waals surface area contributed by atoms with Crippen LogP contribution >= 0.6 is 0 Å². The van der Waals surface area contributed by atoms with Gasteiger partial charge in [-0.15, -0.1) is 11.8 Å². The largest absolute Gasteiger partial charge is 0.491 e. The van der Waals surface area contributed by atoms with Crippen LogP contribution in [0, 0.1) is 11.8 Å². The molecule has 0 aliphatic heterocycles. The second-order valence-corrected chi connectivity index (χ2v) is 3.39. The number of benzene rings is 1. The van der Waals surface area contributed by atoms with Crippen LogP contribution in [0.3, 0.4) is 0 Å². The van der Waals surface area contributed by atoms with Crippen LogP contribution < -0.4 is 4.74 Å². The molecule has 16 heavy (non-hydrogen) atoms. The van der Waals surface area contributed by atoms with Crippen molar-refractivity contribution in [2.24, 2.45) is 0 Å². The maximum Gasteiger partial charge on any atom is 0.138 e. The van der Waals surface area contributed by atoms with Crippen molar-refractivity contribution in [1.29, 1.82) is 0 Å². The zero-order valence-electron chi connectivity index (χ0n) is 9.23. The number of para-hydroxylation sites is 1. The van der Waals surface area contributed by atoms with Gasteiger partial charge in [0.1, 0.15) is 5.75 Å². The van der Waals surface area contributed by atoms with E-state index in [-0.39, 0.29) is 0 Å². The first-order valence-corrected chi connectivity index (χ1v) is 5.27. The normalized spacial score (nSPS) is 9.56. The number of hydrogen-bond acceptors (Lipinski definition) is 2. The van der Waals surface area contributed by atoms with Gasteiger partial charge in [0.15, 0.2) is 0 Å². The molecule has 1 aromatic carbocycles. The van der Waals surface area contributed by atoms with Gasteiger partial charge in [-0.1, -0.05) is 18.2 Å². The van der Waals surface area contributed by atoms with Crippen molar-refractivity contribution in [2.45, 2.75) is 13.3 Å². The molecule has 0 aliphatic carbocycles. The molecule has 0 spiro atoms. The van der Waals surface area contributed by atoms with Crippen LogP contribution in [0.4, 0.5) is 0 Å². The molecule has 1 heterocycles. The predicted molar refractivity (Wildman–Crippen MR) is 65.3 cm³/mol. The molecular formula is C14H13NO. The fourth-order valence-corrected chi connectivity index (χ4v) is 1.47. The molecule has 0 fully saturated rings. The second-order valence-electron chi connectivity index (χ2n) is 3.39. The summed E-state index contributed by atoms with van der Waals surface area (Å²) in [6, 6.07) is 9.99. The van der Waals surface area contributed by atoms with E-state index in [4.69, 9.17) is 4.74 Å². The first-order valence-electron chi connectivity index (χ1n) is 5.27. The Balaban J connectivity index is 2.09. The van der Waals surface area contributed by atoms with Crippen LogP contribution in [0.1, 0.15) is 13.3 Å². The highest BCUT2D eigenvalue weighted by atomic mass is 16.5. The first-order chi connectivity index (χ1) is 7.90. The van der Waals surface area contributed by atoms with Gasteiger partial charge >= 0.3 is 0 Å². The van der Waals surface area contributed by atoms with Crippen molar-refractivity contribution in [3.05, 3.63) is 36.5 Å². The fraction of sp³-hybridized carbons (Fsp3) is 0.214. The number of nitrogens with zero attached hydrogens (tertiary/aromatic N) is 1. The Labute approximate surface area is 95.3 Å². The summed E-state index contributed by atoms with van der Waals surface area (Å²) in [5.41, 5.74) is 0.989. The van der Waals surface area contributed by atoms with Gasteiger partial charge in [0.05, 0.1) is 18.3 Å². The average molecular weight is 211 g/mol. The second kappa shape index (κ2) is 5.18. The van der Waals surface area contributed by atoms with E-state index in [1.807, 2.05) is 37.3 Å². The van der Waals surface area contributed by atoms with E-state index in [0.29, 0.717) is 6.61 Å². The summed E-state index contributed by atoms with van der Waals surface area (Å²) in [6.07, 6.45) is 2.50. The number of fused-ring (bicyclic) bond motifs is 1. The van der Waals surface area contributed by atoms with Crippen LogP contribution in [-0.4, -0.2) is 11.6 Å². The third-order valence-electron chi connectivity index (χ3n) is 2.24. The van der Waals surface area contributed by atoms with Crippen LogP contribution in [0.25, 0.3) is 10.9 Å². The molecule has 80 valence electrons.